The Morgan fingerprint density at radius 3 is 2.44 bits per heavy atom. The number of rotatable bonds is 2. The van der Waals surface area contributed by atoms with E-state index >= 15 is 0 Å². The number of nitrogens with two attached hydrogens (primary N) is 2. The lowest BCUT2D eigenvalue weighted by Gasteiger charge is -2.10. The minimum Gasteiger partial charge on any atom is -0.399 e. The molecular weight excluding hydrogens is 210 g/mol. The van der Waals surface area contributed by atoms with Gasteiger partial charge in [-0.2, -0.15) is 0 Å². The SMILES string of the molecule is NC(=O)CN1C(=O)c2ccc(N)cc2C1=O. The minimum atomic E-state index is -0.734. The number of nitrogen functional groups attached to an aromatic ring is 1. The van der Waals surface area contributed by atoms with Crippen LogP contribution < -0.4 is 11.5 Å². The molecule has 0 atom stereocenters. The van der Waals surface area contributed by atoms with Crippen LogP contribution in [0.5, 0.6) is 0 Å². The summed E-state index contributed by atoms with van der Waals surface area (Å²) in [5, 5.41) is 0. The number of hydrogen-bond donors (Lipinski definition) is 2. The average molecular weight is 219 g/mol. The fourth-order valence-electron chi connectivity index (χ4n) is 1.61. The number of hydrogen-bond acceptors (Lipinski definition) is 4. The van der Waals surface area contributed by atoms with Crippen LogP contribution >= 0.6 is 0 Å². The van der Waals surface area contributed by atoms with Gasteiger partial charge in [0, 0.05) is 5.69 Å². The molecule has 0 bridgehead atoms. The van der Waals surface area contributed by atoms with Gasteiger partial charge in [-0.25, -0.2) is 0 Å². The maximum atomic E-state index is 11.7. The van der Waals surface area contributed by atoms with Crippen LogP contribution in [0.2, 0.25) is 0 Å². The molecule has 1 heterocycles. The number of benzene rings is 1. The molecule has 16 heavy (non-hydrogen) atoms. The van der Waals surface area contributed by atoms with E-state index < -0.39 is 24.3 Å². The van der Waals surface area contributed by atoms with Crippen LogP contribution in [-0.2, 0) is 4.79 Å². The van der Waals surface area contributed by atoms with E-state index in [4.69, 9.17) is 11.5 Å². The zero-order valence-corrected chi connectivity index (χ0v) is 8.27. The van der Waals surface area contributed by atoms with Crippen LogP contribution in [0.3, 0.4) is 0 Å². The number of amides is 3. The van der Waals surface area contributed by atoms with Crippen molar-refractivity contribution in [2.24, 2.45) is 5.73 Å². The maximum absolute atomic E-state index is 11.7. The highest BCUT2D eigenvalue weighted by atomic mass is 16.2. The standard InChI is InChI=1S/C10H9N3O3/c11-5-1-2-6-7(3-5)10(16)13(9(6)15)4-8(12)14/h1-3H,4,11H2,(H2,12,14). The molecule has 0 fully saturated rings. The summed E-state index contributed by atoms with van der Waals surface area (Å²) < 4.78 is 0. The third-order valence-corrected chi connectivity index (χ3v) is 2.31. The number of imide groups is 1. The summed E-state index contributed by atoms with van der Waals surface area (Å²) in [6.07, 6.45) is 0. The molecule has 4 N–H and O–H groups in total. The van der Waals surface area contributed by atoms with Crippen molar-refractivity contribution in [1.82, 2.24) is 4.90 Å². The molecule has 82 valence electrons. The summed E-state index contributed by atoms with van der Waals surface area (Å²) >= 11 is 0. The predicted molar refractivity (Wildman–Crippen MR) is 55.4 cm³/mol. The highest BCUT2D eigenvalue weighted by Crippen LogP contribution is 2.24. The van der Waals surface area contributed by atoms with Crippen LogP contribution in [-0.4, -0.2) is 29.2 Å². The van der Waals surface area contributed by atoms with Crippen LogP contribution in [0.15, 0.2) is 18.2 Å². The Kier molecular flexibility index (Phi) is 2.12. The zero-order valence-electron chi connectivity index (χ0n) is 8.27. The van der Waals surface area contributed by atoms with Crippen molar-refractivity contribution in [2.75, 3.05) is 12.3 Å². The van der Waals surface area contributed by atoms with E-state index in [0.717, 1.165) is 4.90 Å². The molecule has 0 aliphatic carbocycles. The lowest BCUT2D eigenvalue weighted by molar-refractivity contribution is -0.118. The molecule has 2 rings (SSSR count). The minimum absolute atomic E-state index is 0.214. The summed E-state index contributed by atoms with van der Waals surface area (Å²) in [7, 11) is 0. The highest BCUT2D eigenvalue weighted by Gasteiger charge is 2.36. The molecule has 0 saturated heterocycles. The van der Waals surface area contributed by atoms with E-state index in [9.17, 15) is 14.4 Å². The quantitative estimate of drug-likeness (QED) is 0.509. The van der Waals surface area contributed by atoms with E-state index in [2.05, 4.69) is 0 Å². The fraction of sp³-hybridized carbons (Fsp3) is 0.100. The second-order valence-corrected chi connectivity index (χ2v) is 3.47. The number of carbonyl (C=O) groups excluding carboxylic acids is 3. The van der Waals surface area contributed by atoms with E-state index in [0.29, 0.717) is 5.69 Å². The molecule has 1 aliphatic heterocycles. The zero-order chi connectivity index (χ0) is 11.9. The summed E-state index contributed by atoms with van der Waals surface area (Å²) in [5.41, 5.74) is 11.3. The van der Waals surface area contributed by atoms with Gasteiger partial charge in [-0.3, -0.25) is 19.3 Å². The van der Waals surface area contributed by atoms with Crippen LogP contribution in [0.25, 0.3) is 0 Å². The Morgan fingerprint density at radius 1 is 1.19 bits per heavy atom. The van der Waals surface area contributed by atoms with Crippen molar-refractivity contribution in [3.8, 4) is 0 Å². The van der Waals surface area contributed by atoms with E-state index in [1.807, 2.05) is 0 Å². The number of nitrogens with zero attached hydrogens (tertiary/aromatic N) is 1. The van der Waals surface area contributed by atoms with Gasteiger partial charge in [0.25, 0.3) is 11.8 Å². The number of carbonyl (C=O) groups is 3. The van der Waals surface area contributed by atoms with Gasteiger partial charge in [-0.15, -0.1) is 0 Å². The number of fused-ring (bicyclic) bond motifs is 1. The van der Waals surface area contributed by atoms with Crippen molar-refractivity contribution in [3.63, 3.8) is 0 Å². The van der Waals surface area contributed by atoms with E-state index in [1.54, 1.807) is 0 Å². The summed E-state index contributed by atoms with van der Waals surface area (Å²) in [6.45, 7) is -0.410. The summed E-state index contributed by atoms with van der Waals surface area (Å²) in [5.74, 6) is -1.78. The first-order valence-corrected chi connectivity index (χ1v) is 4.54. The Hall–Kier alpha value is -2.37. The third kappa shape index (κ3) is 1.40. The molecule has 1 aromatic carbocycles. The van der Waals surface area contributed by atoms with Gasteiger partial charge in [0.05, 0.1) is 11.1 Å². The lowest BCUT2D eigenvalue weighted by atomic mass is 10.1. The van der Waals surface area contributed by atoms with Crippen molar-refractivity contribution in [1.29, 1.82) is 0 Å². The normalized spacial score (nSPS) is 14.1. The van der Waals surface area contributed by atoms with Gasteiger partial charge < -0.3 is 11.5 Å². The van der Waals surface area contributed by atoms with Crippen molar-refractivity contribution in [3.05, 3.63) is 29.3 Å². The largest absolute Gasteiger partial charge is 0.399 e. The topological polar surface area (TPSA) is 106 Å². The second-order valence-electron chi connectivity index (χ2n) is 3.47. The van der Waals surface area contributed by atoms with Crippen molar-refractivity contribution < 1.29 is 14.4 Å². The molecule has 1 aromatic rings. The number of anilines is 1. The molecule has 0 aromatic heterocycles. The van der Waals surface area contributed by atoms with Crippen LogP contribution in [0.4, 0.5) is 5.69 Å². The second kappa shape index (κ2) is 3.34. The van der Waals surface area contributed by atoms with Gasteiger partial charge in [0.15, 0.2) is 0 Å². The first-order chi connectivity index (χ1) is 7.50. The van der Waals surface area contributed by atoms with Gasteiger partial charge in [0.1, 0.15) is 6.54 Å². The molecule has 6 heteroatoms. The summed E-state index contributed by atoms with van der Waals surface area (Å²) in [4.78, 5) is 35.0. The highest BCUT2D eigenvalue weighted by molar-refractivity contribution is 6.22. The van der Waals surface area contributed by atoms with E-state index in [-0.39, 0.29) is 11.1 Å². The maximum Gasteiger partial charge on any atom is 0.262 e. The average Bonchev–Trinajstić information content (AvgIpc) is 2.43. The van der Waals surface area contributed by atoms with Gasteiger partial charge in [-0.05, 0) is 18.2 Å². The van der Waals surface area contributed by atoms with Crippen LogP contribution in [0, 0.1) is 0 Å². The van der Waals surface area contributed by atoms with Gasteiger partial charge in [0.2, 0.25) is 5.91 Å². The van der Waals surface area contributed by atoms with Crippen LogP contribution in [0.1, 0.15) is 20.7 Å². The first-order valence-electron chi connectivity index (χ1n) is 4.54. The molecule has 0 radical (unpaired) electrons. The lowest BCUT2D eigenvalue weighted by Crippen LogP contribution is -2.37. The first kappa shape index (κ1) is 10.2. The number of primary amides is 1. The van der Waals surface area contributed by atoms with Crippen molar-refractivity contribution in [2.45, 2.75) is 0 Å². The fourth-order valence-corrected chi connectivity index (χ4v) is 1.61. The van der Waals surface area contributed by atoms with Crippen molar-refractivity contribution >= 4 is 23.4 Å². The Balaban J connectivity index is 2.44. The Morgan fingerprint density at radius 2 is 1.81 bits per heavy atom. The molecule has 3 amide bonds. The van der Waals surface area contributed by atoms with Gasteiger partial charge in [-0.1, -0.05) is 0 Å². The molecule has 1 aliphatic rings. The van der Waals surface area contributed by atoms with Gasteiger partial charge >= 0.3 is 0 Å². The molecular formula is C10H9N3O3. The smallest absolute Gasteiger partial charge is 0.262 e. The van der Waals surface area contributed by atoms with E-state index in [1.165, 1.54) is 18.2 Å². The molecule has 0 spiro atoms. The molecule has 6 nitrogen and oxygen atoms in total. The monoisotopic (exact) mass is 219 g/mol. The molecule has 0 saturated carbocycles. The molecule has 0 unspecified atom stereocenters. The third-order valence-electron chi connectivity index (χ3n) is 2.31. The Labute approximate surface area is 90.8 Å². The summed E-state index contributed by atoms with van der Waals surface area (Å²) in [6, 6.07) is 4.40. The predicted octanol–water partition coefficient (Wildman–Crippen LogP) is -0.650. The Bertz CT molecular complexity index is 510.